The fourth-order valence-electron chi connectivity index (χ4n) is 6.27. The van der Waals surface area contributed by atoms with Gasteiger partial charge in [0.15, 0.2) is 11.6 Å². The van der Waals surface area contributed by atoms with Crippen LogP contribution in [0.5, 0.6) is 5.75 Å². The Kier molecular flexibility index (Phi) is 5.23. The first-order valence-electron chi connectivity index (χ1n) is 11.9. The van der Waals surface area contributed by atoms with Gasteiger partial charge >= 0.3 is 0 Å². The second-order valence-electron chi connectivity index (χ2n) is 9.81. The third kappa shape index (κ3) is 3.29. The van der Waals surface area contributed by atoms with Gasteiger partial charge in [-0.3, -0.25) is 24.1 Å². The summed E-state index contributed by atoms with van der Waals surface area (Å²) in [5.74, 6) is -2.78. The summed E-state index contributed by atoms with van der Waals surface area (Å²) in [5, 5.41) is 9.84. The van der Waals surface area contributed by atoms with Crippen LogP contribution in [0.4, 0.5) is 5.69 Å². The summed E-state index contributed by atoms with van der Waals surface area (Å²) >= 11 is 3.39. The number of Topliss-reactive ketones (excluding diaryl/α,β-unsaturated/α-hetero) is 1. The molecule has 2 aromatic carbocycles. The molecule has 4 atom stereocenters. The fourth-order valence-corrected chi connectivity index (χ4v) is 6.54. The minimum atomic E-state index is -0.607. The van der Waals surface area contributed by atoms with Crippen LogP contribution in [0.2, 0.25) is 0 Å². The van der Waals surface area contributed by atoms with E-state index in [4.69, 9.17) is 0 Å². The number of carbonyl (C=O) groups excluding carboxylic acids is 4. The quantitative estimate of drug-likeness (QED) is 0.334. The summed E-state index contributed by atoms with van der Waals surface area (Å²) in [7, 11) is 0. The third-order valence-corrected chi connectivity index (χ3v) is 8.40. The first kappa shape index (κ1) is 22.9. The highest BCUT2D eigenvalue weighted by Crippen LogP contribution is 2.55. The van der Waals surface area contributed by atoms with Crippen molar-refractivity contribution in [3.63, 3.8) is 0 Å². The maximum atomic E-state index is 13.8. The number of hydrogen-bond acceptors (Lipinski definition) is 5. The Morgan fingerprint density at radius 1 is 0.917 bits per heavy atom. The van der Waals surface area contributed by atoms with E-state index in [0.29, 0.717) is 28.8 Å². The smallest absolute Gasteiger partial charge is 0.238 e. The number of phenols is 1. The van der Waals surface area contributed by atoms with E-state index in [1.807, 2.05) is 6.08 Å². The third-order valence-electron chi connectivity index (χ3n) is 7.87. The minimum absolute atomic E-state index is 0.0986. The number of rotatable bonds is 2. The average Bonchev–Trinajstić information content (AvgIpc) is 3.12. The molecule has 0 bridgehead atoms. The number of imide groups is 1. The number of fused-ring (bicyclic) bond motifs is 3. The molecule has 6 nitrogen and oxygen atoms in total. The van der Waals surface area contributed by atoms with Gasteiger partial charge in [-0.25, -0.2) is 0 Å². The van der Waals surface area contributed by atoms with Gasteiger partial charge in [-0.05, 0) is 73.7 Å². The number of nitrogens with zero attached hydrogens (tertiary/aromatic N) is 1. The molecular formula is C29H22BrNO5. The summed E-state index contributed by atoms with van der Waals surface area (Å²) in [6.45, 7) is 1.63. The van der Waals surface area contributed by atoms with Crippen molar-refractivity contribution >= 4 is 45.0 Å². The van der Waals surface area contributed by atoms with Crippen molar-refractivity contribution in [2.75, 3.05) is 4.90 Å². The van der Waals surface area contributed by atoms with Gasteiger partial charge in [0.25, 0.3) is 0 Å². The monoisotopic (exact) mass is 543 g/mol. The topological polar surface area (TPSA) is 91.8 Å². The average molecular weight is 544 g/mol. The number of hydrogen-bond donors (Lipinski definition) is 1. The molecule has 36 heavy (non-hydrogen) atoms. The van der Waals surface area contributed by atoms with Crippen LogP contribution in [-0.2, 0) is 19.2 Å². The van der Waals surface area contributed by atoms with E-state index in [0.717, 1.165) is 15.6 Å². The molecule has 4 unspecified atom stereocenters. The SMILES string of the molecule is CC1=CC(=O)C2=C(CC3C(=CCC4C(=O)N(c5ccc(Br)cc5)C(=O)C43)C2c2ccc(O)cc2)C1=O. The molecule has 0 radical (unpaired) electrons. The summed E-state index contributed by atoms with van der Waals surface area (Å²) in [5.41, 5.74) is 3.45. The number of aromatic hydroxyl groups is 1. The van der Waals surface area contributed by atoms with Crippen molar-refractivity contribution in [2.45, 2.75) is 25.7 Å². The van der Waals surface area contributed by atoms with Gasteiger partial charge in [-0.2, -0.15) is 0 Å². The molecule has 2 amide bonds. The van der Waals surface area contributed by atoms with Crippen molar-refractivity contribution in [2.24, 2.45) is 17.8 Å². The predicted molar refractivity (Wildman–Crippen MR) is 136 cm³/mol. The van der Waals surface area contributed by atoms with Gasteiger partial charge in [0, 0.05) is 27.1 Å². The number of ketones is 2. The zero-order valence-electron chi connectivity index (χ0n) is 19.4. The van der Waals surface area contributed by atoms with E-state index in [2.05, 4.69) is 15.9 Å². The van der Waals surface area contributed by atoms with Gasteiger partial charge in [-0.15, -0.1) is 0 Å². The van der Waals surface area contributed by atoms with Crippen molar-refractivity contribution in [1.82, 2.24) is 0 Å². The van der Waals surface area contributed by atoms with Gasteiger partial charge in [0.1, 0.15) is 5.75 Å². The lowest BCUT2D eigenvalue weighted by molar-refractivity contribution is -0.123. The van der Waals surface area contributed by atoms with Crippen molar-refractivity contribution in [3.05, 3.63) is 93.0 Å². The van der Waals surface area contributed by atoms with Gasteiger partial charge in [0.2, 0.25) is 11.8 Å². The minimum Gasteiger partial charge on any atom is -0.508 e. The highest BCUT2D eigenvalue weighted by molar-refractivity contribution is 9.10. The number of carbonyl (C=O) groups is 4. The lowest BCUT2D eigenvalue weighted by atomic mass is 9.59. The van der Waals surface area contributed by atoms with Crippen LogP contribution in [-0.4, -0.2) is 28.5 Å². The maximum absolute atomic E-state index is 13.8. The second-order valence-corrected chi connectivity index (χ2v) is 10.7. The van der Waals surface area contributed by atoms with E-state index in [1.54, 1.807) is 55.5 Å². The standard InChI is InChI=1S/C29H22BrNO5/c1-14-12-23(33)26-22(27(14)34)13-21-19(24(26)15-2-8-18(32)9-3-15)10-11-20-25(21)29(36)31(28(20)35)17-6-4-16(30)5-7-17/h2-10,12,20-21,24-25,32H,11,13H2,1H3. The Morgan fingerprint density at radius 2 is 1.61 bits per heavy atom. The summed E-state index contributed by atoms with van der Waals surface area (Å²) in [6, 6.07) is 13.7. The maximum Gasteiger partial charge on any atom is 0.238 e. The van der Waals surface area contributed by atoms with Crippen LogP contribution < -0.4 is 4.90 Å². The molecule has 2 aromatic rings. The highest BCUT2D eigenvalue weighted by atomic mass is 79.9. The molecule has 1 saturated heterocycles. The largest absolute Gasteiger partial charge is 0.508 e. The van der Waals surface area contributed by atoms with E-state index in [9.17, 15) is 24.3 Å². The Morgan fingerprint density at radius 3 is 2.31 bits per heavy atom. The molecule has 3 aliphatic carbocycles. The summed E-state index contributed by atoms with van der Waals surface area (Å²) in [4.78, 5) is 55.0. The normalized spacial score (nSPS) is 27.4. The molecule has 0 saturated carbocycles. The van der Waals surface area contributed by atoms with Crippen LogP contribution >= 0.6 is 15.9 Å². The zero-order chi connectivity index (χ0) is 25.3. The molecule has 0 aromatic heterocycles. The van der Waals surface area contributed by atoms with Crippen LogP contribution in [0.3, 0.4) is 0 Å². The van der Waals surface area contributed by atoms with Gasteiger partial charge in [0.05, 0.1) is 17.5 Å². The Bertz CT molecular complexity index is 1450. The molecule has 7 heteroatoms. The van der Waals surface area contributed by atoms with Crippen LogP contribution in [0.15, 0.2) is 87.4 Å². The van der Waals surface area contributed by atoms with E-state index in [-0.39, 0.29) is 41.5 Å². The molecule has 1 aliphatic heterocycles. The molecule has 4 aliphatic rings. The Labute approximate surface area is 216 Å². The molecular weight excluding hydrogens is 522 g/mol. The lowest BCUT2D eigenvalue weighted by Gasteiger charge is -2.42. The lowest BCUT2D eigenvalue weighted by Crippen LogP contribution is -2.39. The summed E-state index contributed by atoms with van der Waals surface area (Å²) < 4.78 is 0.846. The second kappa shape index (κ2) is 8.23. The molecule has 6 rings (SSSR count). The predicted octanol–water partition coefficient (Wildman–Crippen LogP) is 4.79. The van der Waals surface area contributed by atoms with Crippen LogP contribution in [0.1, 0.15) is 31.2 Å². The molecule has 180 valence electrons. The van der Waals surface area contributed by atoms with Gasteiger partial charge < -0.3 is 5.11 Å². The van der Waals surface area contributed by atoms with Crippen LogP contribution in [0.25, 0.3) is 0 Å². The first-order valence-corrected chi connectivity index (χ1v) is 12.7. The first-order chi connectivity index (χ1) is 17.3. The molecule has 1 heterocycles. The van der Waals surface area contributed by atoms with Crippen LogP contribution in [0, 0.1) is 17.8 Å². The number of amides is 2. The number of benzene rings is 2. The molecule has 1 N–H and O–H groups in total. The van der Waals surface area contributed by atoms with E-state index in [1.165, 1.54) is 11.0 Å². The number of phenolic OH excluding ortho intramolecular Hbond substituents is 1. The van der Waals surface area contributed by atoms with Crippen molar-refractivity contribution in [1.29, 1.82) is 0 Å². The highest BCUT2D eigenvalue weighted by Gasteiger charge is 2.56. The number of allylic oxidation sites excluding steroid dienone is 6. The molecule has 1 fully saturated rings. The Hall–Kier alpha value is -3.58. The van der Waals surface area contributed by atoms with E-state index < -0.39 is 17.8 Å². The van der Waals surface area contributed by atoms with Gasteiger partial charge in [-0.1, -0.05) is 39.7 Å². The van der Waals surface area contributed by atoms with Crippen molar-refractivity contribution in [3.8, 4) is 5.75 Å². The van der Waals surface area contributed by atoms with Crippen molar-refractivity contribution < 1.29 is 24.3 Å². The molecule has 0 spiro atoms. The zero-order valence-corrected chi connectivity index (χ0v) is 21.0. The fraction of sp³-hybridized carbons (Fsp3) is 0.241. The summed E-state index contributed by atoms with van der Waals surface area (Å²) in [6.07, 6.45) is 4.02. The number of anilines is 1. The van der Waals surface area contributed by atoms with E-state index >= 15 is 0 Å². The Balaban J connectivity index is 1.48. The number of halogens is 1.